The van der Waals surface area contributed by atoms with Crippen LogP contribution in [0, 0.1) is 5.82 Å². The molecule has 3 rings (SSSR count). The second kappa shape index (κ2) is 7.19. The van der Waals surface area contributed by atoms with E-state index in [1.165, 1.54) is 22.8 Å². The van der Waals surface area contributed by atoms with Crippen LogP contribution in [0.25, 0.3) is 16.6 Å². The summed E-state index contributed by atoms with van der Waals surface area (Å²) in [6.45, 7) is 5.19. The smallest absolute Gasteiger partial charge is 0.336 e. The molecule has 3 aromatic rings. The molecule has 1 N–H and O–H groups in total. The summed E-state index contributed by atoms with van der Waals surface area (Å²) >= 11 is 0. The molecule has 0 aliphatic rings. The van der Waals surface area contributed by atoms with Gasteiger partial charge in [0.15, 0.2) is 0 Å². The molecule has 0 saturated carbocycles. The fourth-order valence-electron chi connectivity index (χ4n) is 3.02. The maximum absolute atomic E-state index is 14.3. The number of amides is 1. The molecule has 0 aliphatic carbocycles. The minimum absolute atomic E-state index is 0.112. The first kappa shape index (κ1) is 18.6. The number of halogens is 1. The first-order chi connectivity index (χ1) is 12.8. The van der Waals surface area contributed by atoms with E-state index in [0.29, 0.717) is 5.52 Å². The van der Waals surface area contributed by atoms with Crippen LogP contribution < -0.4 is 16.6 Å². The van der Waals surface area contributed by atoms with E-state index in [2.05, 4.69) is 5.32 Å². The van der Waals surface area contributed by atoms with Gasteiger partial charge in [0.2, 0.25) is 5.91 Å². The van der Waals surface area contributed by atoms with E-state index < -0.39 is 23.1 Å². The summed E-state index contributed by atoms with van der Waals surface area (Å²) in [5.41, 5.74) is -1.22. The van der Waals surface area contributed by atoms with Crippen molar-refractivity contribution in [3.63, 3.8) is 0 Å². The lowest BCUT2D eigenvalue weighted by Gasteiger charge is -2.20. The van der Waals surface area contributed by atoms with Crippen LogP contribution in [0.5, 0.6) is 0 Å². The number of hydrogen-bond acceptors (Lipinski definition) is 3. The van der Waals surface area contributed by atoms with E-state index >= 15 is 0 Å². The highest BCUT2D eigenvalue weighted by Crippen LogP contribution is 2.16. The molecule has 0 spiro atoms. The van der Waals surface area contributed by atoms with E-state index in [0.717, 1.165) is 4.57 Å². The van der Waals surface area contributed by atoms with E-state index in [1.807, 2.05) is 13.8 Å². The van der Waals surface area contributed by atoms with Crippen molar-refractivity contribution in [3.05, 3.63) is 75.2 Å². The Morgan fingerprint density at radius 2 is 1.63 bits per heavy atom. The fraction of sp³-hybridized carbons (Fsp3) is 0.250. The molecule has 27 heavy (non-hydrogen) atoms. The van der Waals surface area contributed by atoms with Gasteiger partial charge in [0, 0.05) is 6.04 Å². The van der Waals surface area contributed by atoms with Crippen molar-refractivity contribution in [2.24, 2.45) is 0 Å². The number of benzene rings is 2. The molecular formula is C20H20FN3O3. The highest BCUT2D eigenvalue weighted by molar-refractivity contribution is 5.84. The normalized spacial score (nSPS) is 12.3. The predicted molar refractivity (Wildman–Crippen MR) is 102 cm³/mol. The Morgan fingerprint density at radius 1 is 1.00 bits per heavy atom. The summed E-state index contributed by atoms with van der Waals surface area (Å²) in [5, 5.41) is 2.98. The summed E-state index contributed by atoms with van der Waals surface area (Å²) < 4.78 is 16.3. The summed E-state index contributed by atoms with van der Waals surface area (Å²) in [4.78, 5) is 38.6. The van der Waals surface area contributed by atoms with Crippen LogP contribution in [0.1, 0.15) is 26.8 Å². The van der Waals surface area contributed by atoms with Gasteiger partial charge in [-0.3, -0.25) is 14.2 Å². The van der Waals surface area contributed by atoms with Crippen LogP contribution in [-0.2, 0) is 4.79 Å². The Kier molecular flexibility index (Phi) is 4.94. The molecular weight excluding hydrogens is 349 g/mol. The minimum atomic E-state index is -0.886. The molecule has 0 saturated heterocycles. The Bertz CT molecular complexity index is 1130. The van der Waals surface area contributed by atoms with Gasteiger partial charge in [-0.05, 0) is 45.0 Å². The van der Waals surface area contributed by atoms with Gasteiger partial charge in [-0.25, -0.2) is 13.8 Å². The average Bonchev–Trinajstić information content (AvgIpc) is 2.62. The lowest BCUT2D eigenvalue weighted by molar-refractivity contribution is -0.124. The number of fused-ring (bicyclic) bond motifs is 1. The van der Waals surface area contributed by atoms with Crippen LogP contribution in [0.4, 0.5) is 4.39 Å². The Labute approximate surface area is 154 Å². The molecule has 0 bridgehead atoms. The fourth-order valence-corrected chi connectivity index (χ4v) is 3.02. The van der Waals surface area contributed by atoms with Gasteiger partial charge in [0.1, 0.15) is 11.9 Å². The number of nitrogens with zero attached hydrogens (tertiary/aromatic N) is 2. The van der Waals surface area contributed by atoms with Crippen LogP contribution in [0.15, 0.2) is 58.1 Å². The molecule has 1 aromatic heterocycles. The lowest BCUT2D eigenvalue weighted by atomic mass is 10.2. The van der Waals surface area contributed by atoms with Crippen molar-refractivity contribution in [1.82, 2.24) is 14.5 Å². The summed E-state index contributed by atoms with van der Waals surface area (Å²) in [6.07, 6.45) is 0. The van der Waals surface area contributed by atoms with Crippen molar-refractivity contribution in [2.75, 3.05) is 0 Å². The molecule has 1 amide bonds. The van der Waals surface area contributed by atoms with Crippen molar-refractivity contribution in [2.45, 2.75) is 32.9 Å². The molecule has 6 nitrogen and oxygen atoms in total. The summed E-state index contributed by atoms with van der Waals surface area (Å²) in [5.74, 6) is -1.06. The highest BCUT2D eigenvalue weighted by atomic mass is 19.1. The molecule has 2 aromatic carbocycles. The Balaban J connectivity index is 2.37. The van der Waals surface area contributed by atoms with Crippen molar-refractivity contribution in [3.8, 4) is 5.69 Å². The highest BCUT2D eigenvalue weighted by Gasteiger charge is 2.23. The van der Waals surface area contributed by atoms with Gasteiger partial charge in [-0.2, -0.15) is 0 Å². The van der Waals surface area contributed by atoms with Gasteiger partial charge < -0.3 is 5.32 Å². The van der Waals surface area contributed by atoms with Gasteiger partial charge in [0.05, 0.1) is 16.6 Å². The maximum Gasteiger partial charge on any atom is 0.336 e. The zero-order valence-electron chi connectivity index (χ0n) is 15.3. The molecule has 0 fully saturated rings. The monoisotopic (exact) mass is 369 g/mol. The first-order valence-corrected chi connectivity index (χ1v) is 8.64. The lowest BCUT2D eigenvalue weighted by Crippen LogP contribution is -2.45. The molecule has 140 valence electrons. The standard InChI is InChI=1S/C20H20FN3O3/c1-12(2)22-18(25)13(3)23-16-10-6-4-8-14(16)19(26)24(20(23)27)17-11-7-5-9-15(17)21/h4-13H,1-3H3,(H,22,25). The molecule has 1 unspecified atom stereocenters. The van der Waals surface area contributed by atoms with E-state index in [1.54, 1.807) is 37.3 Å². The zero-order chi connectivity index (χ0) is 19.7. The zero-order valence-corrected chi connectivity index (χ0v) is 15.3. The average molecular weight is 369 g/mol. The van der Waals surface area contributed by atoms with Crippen molar-refractivity contribution in [1.29, 1.82) is 0 Å². The molecule has 0 aliphatic heterocycles. The van der Waals surface area contributed by atoms with Gasteiger partial charge >= 0.3 is 5.69 Å². The van der Waals surface area contributed by atoms with Crippen molar-refractivity contribution >= 4 is 16.8 Å². The summed E-state index contributed by atoms with van der Waals surface area (Å²) in [6, 6.07) is 11.0. The number of carbonyl (C=O) groups excluding carboxylic acids is 1. The number of rotatable bonds is 4. The number of carbonyl (C=O) groups is 1. The van der Waals surface area contributed by atoms with E-state index in [4.69, 9.17) is 0 Å². The topological polar surface area (TPSA) is 73.1 Å². The van der Waals surface area contributed by atoms with Crippen LogP contribution in [0.3, 0.4) is 0 Å². The quantitative estimate of drug-likeness (QED) is 0.767. The van der Waals surface area contributed by atoms with Gasteiger partial charge in [-0.1, -0.05) is 24.3 Å². The Morgan fingerprint density at radius 3 is 2.30 bits per heavy atom. The Hall–Kier alpha value is -3.22. The predicted octanol–water partition coefficient (Wildman–Crippen LogP) is 2.38. The largest absolute Gasteiger partial charge is 0.352 e. The van der Waals surface area contributed by atoms with Crippen molar-refractivity contribution < 1.29 is 9.18 Å². The second-order valence-electron chi connectivity index (χ2n) is 6.60. The maximum atomic E-state index is 14.3. The molecule has 7 heteroatoms. The third kappa shape index (κ3) is 3.28. The van der Waals surface area contributed by atoms with E-state index in [-0.39, 0.29) is 23.0 Å². The minimum Gasteiger partial charge on any atom is -0.352 e. The molecule has 1 heterocycles. The molecule has 0 radical (unpaired) electrons. The molecule has 1 atom stereocenters. The first-order valence-electron chi connectivity index (χ1n) is 8.64. The number of aromatic nitrogens is 2. The van der Waals surface area contributed by atoms with E-state index in [9.17, 15) is 18.8 Å². The van der Waals surface area contributed by atoms with Crippen LogP contribution in [0.2, 0.25) is 0 Å². The van der Waals surface area contributed by atoms with Gasteiger partial charge in [-0.15, -0.1) is 0 Å². The third-order valence-corrected chi connectivity index (χ3v) is 4.29. The number of hydrogen-bond donors (Lipinski definition) is 1. The third-order valence-electron chi connectivity index (χ3n) is 4.29. The van der Waals surface area contributed by atoms with Crippen LogP contribution in [-0.4, -0.2) is 21.1 Å². The number of para-hydroxylation sites is 2. The SMILES string of the molecule is CC(C)NC(=O)C(C)n1c(=O)n(-c2ccccc2F)c(=O)c2ccccc21. The van der Waals surface area contributed by atoms with Gasteiger partial charge in [0.25, 0.3) is 5.56 Å². The number of nitrogens with one attached hydrogen (secondary N) is 1. The second-order valence-corrected chi connectivity index (χ2v) is 6.60. The summed E-state index contributed by atoms with van der Waals surface area (Å²) in [7, 11) is 0. The van der Waals surface area contributed by atoms with Crippen LogP contribution >= 0.6 is 0 Å².